The van der Waals surface area contributed by atoms with Gasteiger partial charge in [0.05, 0.1) is 0 Å². The number of hydrogen-bond donors (Lipinski definition) is 0. The van der Waals surface area contributed by atoms with Crippen LogP contribution in [0.1, 0.15) is 21.5 Å². The third-order valence-corrected chi connectivity index (χ3v) is 3.96. The second-order valence-corrected chi connectivity index (χ2v) is 5.81. The van der Waals surface area contributed by atoms with E-state index in [2.05, 4.69) is 40.2 Å². The van der Waals surface area contributed by atoms with Crippen LogP contribution in [0.15, 0.2) is 42.5 Å². The van der Waals surface area contributed by atoms with Gasteiger partial charge in [0.15, 0.2) is 0 Å². The fraction of sp³-hybridized carbons (Fsp3) is 0.200. The lowest BCUT2D eigenvalue weighted by atomic mass is 10.0. The van der Waals surface area contributed by atoms with Crippen LogP contribution in [0.3, 0.4) is 0 Å². The van der Waals surface area contributed by atoms with Gasteiger partial charge in [-0.1, -0.05) is 63.4 Å². The first kappa shape index (κ1) is 13.6. The quantitative estimate of drug-likeness (QED) is 0.656. The van der Waals surface area contributed by atoms with Crippen LogP contribution in [-0.4, -0.2) is 0 Å². The van der Waals surface area contributed by atoms with Crippen LogP contribution in [0.2, 0.25) is 5.02 Å². The Morgan fingerprint density at radius 1 is 1.17 bits per heavy atom. The van der Waals surface area contributed by atoms with Crippen molar-refractivity contribution in [3.05, 3.63) is 70.0 Å². The van der Waals surface area contributed by atoms with Gasteiger partial charge in [-0.25, -0.2) is 4.39 Å². The average Bonchev–Trinajstić information content (AvgIpc) is 2.32. The predicted octanol–water partition coefficient (Wildman–Crippen LogP) is 5.47. The van der Waals surface area contributed by atoms with Gasteiger partial charge in [-0.3, -0.25) is 0 Å². The van der Waals surface area contributed by atoms with Gasteiger partial charge >= 0.3 is 0 Å². The van der Waals surface area contributed by atoms with Crippen LogP contribution < -0.4 is 0 Å². The summed E-state index contributed by atoms with van der Waals surface area (Å²) >= 11 is 9.56. The minimum Gasteiger partial charge on any atom is -0.207 e. The van der Waals surface area contributed by atoms with Crippen molar-refractivity contribution in [2.75, 3.05) is 0 Å². The zero-order valence-electron chi connectivity index (χ0n) is 9.96. The van der Waals surface area contributed by atoms with Gasteiger partial charge in [0.1, 0.15) is 5.82 Å². The van der Waals surface area contributed by atoms with Crippen molar-refractivity contribution < 1.29 is 4.39 Å². The molecule has 0 amide bonds. The highest BCUT2D eigenvalue weighted by molar-refractivity contribution is 9.09. The van der Waals surface area contributed by atoms with Crippen molar-refractivity contribution in [3.63, 3.8) is 0 Å². The number of rotatable bonds is 3. The maximum Gasteiger partial charge on any atom is 0.129 e. The summed E-state index contributed by atoms with van der Waals surface area (Å²) in [4.78, 5) is -0.117. The number of benzene rings is 2. The molecule has 0 aliphatic carbocycles. The van der Waals surface area contributed by atoms with Crippen molar-refractivity contribution in [2.45, 2.75) is 18.2 Å². The third kappa shape index (κ3) is 3.12. The lowest BCUT2D eigenvalue weighted by Crippen LogP contribution is -1.99. The molecular formula is C15H13BrClF. The van der Waals surface area contributed by atoms with Crippen LogP contribution in [0, 0.1) is 12.7 Å². The van der Waals surface area contributed by atoms with Crippen molar-refractivity contribution in [2.24, 2.45) is 0 Å². The molecule has 0 bridgehead atoms. The SMILES string of the molecule is Cc1ccc(CC(Br)c2c(F)cccc2Cl)cc1. The van der Waals surface area contributed by atoms with E-state index in [9.17, 15) is 4.39 Å². The summed E-state index contributed by atoms with van der Waals surface area (Å²) in [5.41, 5.74) is 2.90. The molecule has 2 aromatic carbocycles. The zero-order chi connectivity index (χ0) is 13.1. The molecule has 0 radical (unpaired) electrons. The van der Waals surface area contributed by atoms with Crippen molar-refractivity contribution in [3.8, 4) is 0 Å². The van der Waals surface area contributed by atoms with Crippen molar-refractivity contribution in [1.29, 1.82) is 0 Å². The molecule has 0 fully saturated rings. The van der Waals surface area contributed by atoms with Crippen LogP contribution in [0.5, 0.6) is 0 Å². The summed E-state index contributed by atoms with van der Waals surface area (Å²) in [6.07, 6.45) is 0.709. The van der Waals surface area contributed by atoms with Crippen LogP contribution >= 0.6 is 27.5 Å². The Kier molecular flexibility index (Phi) is 4.41. The maximum absolute atomic E-state index is 13.8. The molecule has 1 atom stereocenters. The van der Waals surface area contributed by atoms with E-state index in [4.69, 9.17) is 11.6 Å². The molecule has 2 aromatic rings. The van der Waals surface area contributed by atoms with E-state index in [1.54, 1.807) is 12.1 Å². The first-order valence-corrected chi connectivity index (χ1v) is 7.01. The molecule has 2 rings (SSSR count). The highest BCUT2D eigenvalue weighted by atomic mass is 79.9. The Hall–Kier alpha value is -0.860. The monoisotopic (exact) mass is 326 g/mol. The highest BCUT2D eigenvalue weighted by Crippen LogP contribution is 2.34. The van der Waals surface area contributed by atoms with Crippen molar-refractivity contribution >= 4 is 27.5 Å². The van der Waals surface area contributed by atoms with Gasteiger partial charge in [0.2, 0.25) is 0 Å². The Morgan fingerprint density at radius 2 is 1.83 bits per heavy atom. The Balaban J connectivity index is 2.22. The Bertz CT molecular complexity index is 516. The number of hydrogen-bond acceptors (Lipinski definition) is 0. The first-order chi connectivity index (χ1) is 8.58. The molecule has 0 heterocycles. The molecule has 18 heavy (non-hydrogen) atoms. The van der Waals surface area contributed by atoms with Gasteiger partial charge in [-0.05, 0) is 31.0 Å². The molecule has 0 saturated heterocycles. The molecule has 0 saturated carbocycles. The van der Waals surface area contributed by atoms with E-state index < -0.39 is 0 Å². The molecule has 0 nitrogen and oxygen atoms in total. The normalized spacial score (nSPS) is 12.4. The Labute approximate surface area is 120 Å². The topological polar surface area (TPSA) is 0 Å². The summed E-state index contributed by atoms with van der Waals surface area (Å²) in [6, 6.07) is 13.0. The summed E-state index contributed by atoms with van der Waals surface area (Å²) in [6.45, 7) is 2.04. The molecule has 3 heteroatoms. The lowest BCUT2D eigenvalue weighted by Gasteiger charge is -2.13. The van der Waals surface area contributed by atoms with Gasteiger partial charge in [-0.15, -0.1) is 0 Å². The molecular weight excluding hydrogens is 315 g/mol. The molecule has 0 spiro atoms. The second kappa shape index (κ2) is 5.85. The molecule has 94 valence electrons. The zero-order valence-corrected chi connectivity index (χ0v) is 12.3. The van der Waals surface area contributed by atoms with E-state index in [-0.39, 0.29) is 10.6 Å². The summed E-state index contributed by atoms with van der Waals surface area (Å²) in [5, 5.41) is 0.462. The Morgan fingerprint density at radius 3 is 2.44 bits per heavy atom. The van der Waals surface area contributed by atoms with Gasteiger partial charge in [-0.2, -0.15) is 0 Å². The molecule has 0 aliphatic rings. The van der Waals surface area contributed by atoms with Crippen molar-refractivity contribution in [1.82, 2.24) is 0 Å². The predicted molar refractivity (Wildman–Crippen MR) is 78.0 cm³/mol. The van der Waals surface area contributed by atoms with E-state index in [0.717, 1.165) is 5.56 Å². The van der Waals surface area contributed by atoms with Crippen LogP contribution in [-0.2, 0) is 6.42 Å². The average molecular weight is 328 g/mol. The van der Waals surface area contributed by atoms with Crippen LogP contribution in [0.4, 0.5) is 4.39 Å². The minimum atomic E-state index is -0.267. The summed E-state index contributed by atoms with van der Waals surface area (Å²) < 4.78 is 13.8. The van der Waals surface area contributed by atoms with Gasteiger partial charge in [0, 0.05) is 15.4 Å². The molecule has 1 unspecified atom stereocenters. The summed E-state index contributed by atoms with van der Waals surface area (Å²) in [7, 11) is 0. The van der Waals surface area contributed by atoms with E-state index >= 15 is 0 Å². The second-order valence-electron chi connectivity index (χ2n) is 4.29. The number of aryl methyl sites for hydroxylation is 1. The maximum atomic E-state index is 13.8. The van der Waals surface area contributed by atoms with Gasteiger partial charge in [0.25, 0.3) is 0 Å². The smallest absolute Gasteiger partial charge is 0.129 e. The molecule has 0 aromatic heterocycles. The van der Waals surface area contributed by atoms with E-state index in [1.165, 1.54) is 11.6 Å². The van der Waals surface area contributed by atoms with Gasteiger partial charge < -0.3 is 0 Å². The first-order valence-electron chi connectivity index (χ1n) is 5.71. The standard InChI is InChI=1S/C15H13BrClF/c1-10-5-7-11(8-6-10)9-12(16)15-13(17)3-2-4-14(15)18/h2-8,12H,9H2,1H3. The largest absolute Gasteiger partial charge is 0.207 e. The van der Waals surface area contributed by atoms with Crippen LogP contribution in [0.25, 0.3) is 0 Å². The minimum absolute atomic E-state index is 0.117. The molecule has 0 N–H and O–H groups in total. The molecule has 0 aliphatic heterocycles. The third-order valence-electron chi connectivity index (χ3n) is 2.85. The number of alkyl halides is 1. The fourth-order valence-corrected chi connectivity index (χ4v) is 3.11. The lowest BCUT2D eigenvalue weighted by molar-refractivity contribution is 0.608. The fourth-order valence-electron chi connectivity index (χ4n) is 1.84. The highest BCUT2D eigenvalue weighted by Gasteiger charge is 2.16. The van der Waals surface area contributed by atoms with E-state index in [1.807, 2.05) is 6.92 Å². The van der Waals surface area contributed by atoms with E-state index in [0.29, 0.717) is 17.0 Å². The summed E-state index contributed by atoms with van der Waals surface area (Å²) in [5.74, 6) is -0.267. The number of halogens is 3.